The Morgan fingerprint density at radius 1 is 1.47 bits per heavy atom. The standard InChI is InChI=1S/C12H16FNO/c1-8-7-10(13)3-4-11(8)14-12-5-6-15-9(12)2/h3-4,7,9,12,14H,5-6H2,1-2H3/t9-,12-/m0/s1. The van der Waals surface area contributed by atoms with E-state index in [-0.39, 0.29) is 11.9 Å². The van der Waals surface area contributed by atoms with Gasteiger partial charge in [0.05, 0.1) is 12.1 Å². The molecule has 1 aromatic carbocycles. The Kier molecular flexibility index (Phi) is 2.91. The summed E-state index contributed by atoms with van der Waals surface area (Å²) in [6.07, 6.45) is 1.24. The summed E-state index contributed by atoms with van der Waals surface area (Å²) in [7, 11) is 0. The Bertz CT molecular complexity index is 353. The van der Waals surface area contributed by atoms with Crippen LogP contribution in [-0.4, -0.2) is 18.8 Å². The Balaban J connectivity index is 2.10. The van der Waals surface area contributed by atoms with Crippen molar-refractivity contribution in [3.05, 3.63) is 29.6 Å². The highest BCUT2D eigenvalue weighted by Crippen LogP contribution is 2.22. The quantitative estimate of drug-likeness (QED) is 0.808. The van der Waals surface area contributed by atoms with Crippen LogP contribution < -0.4 is 5.32 Å². The van der Waals surface area contributed by atoms with Crippen LogP contribution in [0.3, 0.4) is 0 Å². The largest absolute Gasteiger partial charge is 0.379 e. The van der Waals surface area contributed by atoms with Gasteiger partial charge in [-0.05, 0) is 44.0 Å². The Labute approximate surface area is 89.4 Å². The lowest BCUT2D eigenvalue weighted by atomic mass is 10.1. The number of nitrogens with one attached hydrogen (secondary N) is 1. The van der Waals surface area contributed by atoms with Crippen molar-refractivity contribution in [2.75, 3.05) is 11.9 Å². The normalized spacial score (nSPS) is 25.5. The van der Waals surface area contributed by atoms with Crippen LogP contribution in [0, 0.1) is 12.7 Å². The molecule has 15 heavy (non-hydrogen) atoms. The molecule has 2 rings (SSSR count). The molecule has 1 aromatic rings. The minimum atomic E-state index is -0.186. The van der Waals surface area contributed by atoms with Gasteiger partial charge in [0.2, 0.25) is 0 Å². The predicted octanol–water partition coefficient (Wildman–Crippen LogP) is 2.72. The van der Waals surface area contributed by atoms with Crippen LogP contribution >= 0.6 is 0 Å². The van der Waals surface area contributed by atoms with E-state index in [2.05, 4.69) is 12.2 Å². The van der Waals surface area contributed by atoms with Gasteiger partial charge in [0.1, 0.15) is 5.82 Å². The van der Waals surface area contributed by atoms with Crippen molar-refractivity contribution < 1.29 is 9.13 Å². The maximum absolute atomic E-state index is 12.9. The summed E-state index contributed by atoms with van der Waals surface area (Å²) >= 11 is 0. The van der Waals surface area contributed by atoms with Crippen LogP contribution in [0.25, 0.3) is 0 Å². The number of aryl methyl sites for hydroxylation is 1. The predicted molar refractivity (Wildman–Crippen MR) is 58.6 cm³/mol. The zero-order valence-corrected chi connectivity index (χ0v) is 9.09. The number of halogens is 1. The average Bonchev–Trinajstić information content (AvgIpc) is 2.57. The van der Waals surface area contributed by atoms with Gasteiger partial charge in [-0.1, -0.05) is 0 Å². The van der Waals surface area contributed by atoms with Gasteiger partial charge in [0.15, 0.2) is 0 Å². The molecule has 3 heteroatoms. The minimum absolute atomic E-state index is 0.186. The number of ether oxygens (including phenoxy) is 1. The SMILES string of the molecule is Cc1cc(F)ccc1N[C@H]1CCO[C@H]1C. The third kappa shape index (κ3) is 2.29. The third-order valence-corrected chi connectivity index (χ3v) is 2.91. The monoisotopic (exact) mass is 209 g/mol. The summed E-state index contributed by atoms with van der Waals surface area (Å²) < 4.78 is 18.3. The van der Waals surface area contributed by atoms with Gasteiger partial charge in [-0.25, -0.2) is 4.39 Å². The van der Waals surface area contributed by atoms with Crippen molar-refractivity contribution >= 4 is 5.69 Å². The highest BCUT2D eigenvalue weighted by Gasteiger charge is 2.24. The summed E-state index contributed by atoms with van der Waals surface area (Å²) in [6, 6.07) is 5.16. The molecular weight excluding hydrogens is 193 g/mol. The average molecular weight is 209 g/mol. The van der Waals surface area contributed by atoms with Crippen LogP contribution in [-0.2, 0) is 4.74 Å². The lowest BCUT2D eigenvalue weighted by molar-refractivity contribution is 0.121. The molecule has 0 spiro atoms. The molecule has 1 saturated heterocycles. The third-order valence-electron chi connectivity index (χ3n) is 2.91. The second-order valence-corrected chi connectivity index (χ2v) is 4.07. The van der Waals surface area contributed by atoms with E-state index in [9.17, 15) is 4.39 Å². The highest BCUT2D eigenvalue weighted by atomic mass is 19.1. The molecule has 1 fully saturated rings. The molecule has 2 nitrogen and oxygen atoms in total. The summed E-state index contributed by atoms with van der Waals surface area (Å²) in [5.74, 6) is -0.186. The number of hydrogen-bond acceptors (Lipinski definition) is 2. The van der Waals surface area contributed by atoms with Gasteiger partial charge in [-0.3, -0.25) is 0 Å². The molecule has 1 heterocycles. The molecule has 0 aromatic heterocycles. The fourth-order valence-corrected chi connectivity index (χ4v) is 1.91. The molecule has 0 amide bonds. The molecule has 0 unspecified atom stereocenters. The van der Waals surface area contributed by atoms with Gasteiger partial charge < -0.3 is 10.1 Å². The fraction of sp³-hybridized carbons (Fsp3) is 0.500. The van der Waals surface area contributed by atoms with Crippen molar-refractivity contribution in [2.24, 2.45) is 0 Å². The first-order chi connectivity index (χ1) is 7.16. The first kappa shape index (κ1) is 10.4. The zero-order valence-electron chi connectivity index (χ0n) is 9.09. The van der Waals surface area contributed by atoms with Crippen LogP contribution in [0.15, 0.2) is 18.2 Å². The van der Waals surface area contributed by atoms with Crippen molar-refractivity contribution in [3.63, 3.8) is 0 Å². The number of benzene rings is 1. The van der Waals surface area contributed by atoms with Crippen LogP contribution in [0.2, 0.25) is 0 Å². The first-order valence-electron chi connectivity index (χ1n) is 5.31. The highest BCUT2D eigenvalue weighted by molar-refractivity contribution is 5.51. The summed E-state index contributed by atoms with van der Waals surface area (Å²) in [4.78, 5) is 0. The van der Waals surface area contributed by atoms with Crippen molar-refractivity contribution in [3.8, 4) is 0 Å². The van der Waals surface area contributed by atoms with E-state index < -0.39 is 0 Å². The fourth-order valence-electron chi connectivity index (χ4n) is 1.91. The number of anilines is 1. The van der Waals surface area contributed by atoms with Crippen LogP contribution in [0.5, 0.6) is 0 Å². The van der Waals surface area contributed by atoms with Gasteiger partial charge in [-0.2, -0.15) is 0 Å². The molecule has 1 aliphatic heterocycles. The molecular formula is C12H16FNO. The summed E-state index contributed by atoms with van der Waals surface area (Å²) in [5.41, 5.74) is 1.94. The first-order valence-corrected chi connectivity index (χ1v) is 5.31. The second kappa shape index (κ2) is 4.19. The Morgan fingerprint density at radius 3 is 2.87 bits per heavy atom. The molecule has 0 saturated carbocycles. The van der Waals surface area contributed by atoms with Crippen LogP contribution in [0.1, 0.15) is 18.9 Å². The van der Waals surface area contributed by atoms with E-state index in [1.807, 2.05) is 6.92 Å². The molecule has 0 aliphatic carbocycles. The van der Waals surface area contributed by atoms with Crippen molar-refractivity contribution in [2.45, 2.75) is 32.4 Å². The number of rotatable bonds is 2. The Morgan fingerprint density at radius 2 is 2.27 bits per heavy atom. The molecule has 1 aliphatic rings. The van der Waals surface area contributed by atoms with Gasteiger partial charge in [-0.15, -0.1) is 0 Å². The van der Waals surface area contributed by atoms with E-state index in [0.29, 0.717) is 6.04 Å². The maximum Gasteiger partial charge on any atom is 0.123 e. The van der Waals surface area contributed by atoms with E-state index in [1.54, 1.807) is 12.1 Å². The summed E-state index contributed by atoms with van der Waals surface area (Å²) in [5, 5.41) is 3.39. The van der Waals surface area contributed by atoms with Gasteiger partial charge >= 0.3 is 0 Å². The van der Waals surface area contributed by atoms with E-state index in [1.165, 1.54) is 6.07 Å². The van der Waals surface area contributed by atoms with E-state index in [0.717, 1.165) is 24.3 Å². The molecule has 82 valence electrons. The van der Waals surface area contributed by atoms with E-state index in [4.69, 9.17) is 4.74 Å². The van der Waals surface area contributed by atoms with Gasteiger partial charge in [0, 0.05) is 12.3 Å². The van der Waals surface area contributed by atoms with Crippen LogP contribution in [0.4, 0.5) is 10.1 Å². The number of hydrogen-bond donors (Lipinski definition) is 1. The Hall–Kier alpha value is -1.09. The molecule has 2 atom stereocenters. The maximum atomic E-state index is 12.9. The van der Waals surface area contributed by atoms with Gasteiger partial charge in [0.25, 0.3) is 0 Å². The minimum Gasteiger partial charge on any atom is -0.379 e. The second-order valence-electron chi connectivity index (χ2n) is 4.07. The zero-order chi connectivity index (χ0) is 10.8. The van der Waals surface area contributed by atoms with E-state index >= 15 is 0 Å². The van der Waals surface area contributed by atoms with Crippen molar-refractivity contribution in [1.82, 2.24) is 0 Å². The topological polar surface area (TPSA) is 21.3 Å². The lowest BCUT2D eigenvalue weighted by Gasteiger charge is -2.18. The smallest absolute Gasteiger partial charge is 0.123 e. The molecule has 1 N–H and O–H groups in total. The lowest BCUT2D eigenvalue weighted by Crippen LogP contribution is -2.26. The molecule has 0 bridgehead atoms. The molecule has 0 radical (unpaired) electrons. The summed E-state index contributed by atoms with van der Waals surface area (Å²) in [6.45, 7) is 4.77. The van der Waals surface area contributed by atoms with Crippen molar-refractivity contribution in [1.29, 1.82) is 0 Å².